The number of esters is 3. The molecule has 0 spiro atoms. The molecule has 4 N–H and O–H groups in total. The summed E-state index contributed by atoms with van der Waals surface area (Å²) in [4.78, 5) is 58.9. The van der Waals surface area contributed by atoms with Crippen molar-refractivity contribution in [3.63, 3.8) is 0 Å². The van der Waals surface area contributed by atoms with Crippen molar-refractivity contribution < 1.29 is 75.8 Å². The van der Waals surface area contributed by atoms with Gasteiger partial charge in [-0.15, -0.1) is 0 Å². The normalized spacial score (nSPS) is 14.4. The van der Waals surface area contributed by atoms with Gasteiger partial charge >= 0.3 is 33.6 Å². The second-order valence-corrected chi connectivity index (χ2v) is 33.3. The van der Waals surface area contributed by atoms with E-state index in [0.717, 1.165) is 154 Å². The lowest BCUT2D eigenvalue weighted by molar-refractivity contribution is -0.161. The van der Waals surface area contributed by atoms with Gasteiger partial charge in [0.25, 0.3) is 0 Å². The summed E-state index contributed by atoms with van der Waals surface area (Å²) >= 11 is 0. The Morgan fingerprint density at radius 3 is 0.770 bits per heavy atom. The molecule has 5 atom stereocenters. The highest BCUT2D eigenvalue weighted by Gasteiger charge is 2.29. The standard InChI is InChI=1S/C95H166O16P2/c1-4-7-10-13-16-19-22-25-28-30-32-34-36-38-40-41-42-43-44-45-46-47-49-51-52-54-56-58-61-63-66-69-72-75-78-81-93(98)105-84-90(96)85-107-112(101,102)108-86-91(97)87-109-113(103,104)110-89-92(111-95(100)83-80-77-74-71-68-65-60-27-24-21-18-15-12-9-6-3)88-106-94(99)82-79-76-73-70-67-64-62-59-57-55-53-50-48-39-37-35-33-31-29-26-23-20-17-14-11-8-5-2/h8,11,16-17,19-20,25-29,32-35,38-40,48,53,55,60,90-92,96-97H,4-7,9-10,12-15,18,21-24,30-31,36-37,41-47,49-52,54,56-59,61-89H2,1-3H3,(H,101,102)(H,103,104)/b11-8-,19-16-,20-17-,28-25-,29-26-,34-32-,35-33-,40-38-,48-39-,55-53-,60-27-. The lowest BCUT2D eigenvalue weighted by Gasteiger charge is -2.21. The van der Waals surface area contributed by atoms with Crippen LogP contribution in [-0.2, 0) is 55.8 Å². The minimum atomic E-state index is -4.94. The zero-order valence-electron chi connectivity index (χ0n) is 71.8. The van der Waals surface area contributed by atoms with Crippen LogP contribution in [-0.4, -0.2) is 95.9 Å². The van der Waals surface area contributed by atoms with Gasteiger partial charge in [-0.25, -0.2) is 9.13 Å². The molecule has 0 aliphatic heterocycles. The van der Waals surface area contributed by atoms with Gasteiger partial charge in [-0.1, -0.05) is 366 Å². The molecule has 0 aromatic carbocycles. The summed E-state index contributed by atoms with van der Waals surface area (Å²) in [6, 6.07) is 0. The fourth-order valence-corrected chi connectivity index (χ4v) is 14.0. The minimum Gasteiger partial charge on any atom is -0.463 e. The molecule has 16 nitrogen and oxygen atoms in total. The van der Waals surface area contributed by atoms with Crippen LogP contribution in [0.1, 0.15) is 393 Å². The maximum atomic E-state index is 13.0. The van der Waals surface area contributed by atoms with Crippen molar-refractivity contribution in [3.05, 3.63) is 134 Å². The first kappa shape index (κ1) is 109. The Hall–Kier alpha value is -4.31. The number of phosphoric acid groups is 2. The van der Waals surface area contributed by atoms with Gasteiger partial charge in [-0.3, -0.25) is 32.5 Å². The van der Waals surface area contributed by atoms with Gasteiger partial charge in [-0.2, -0.15) is 0 Å². The molecule has 0 saturated carbocycles. The fraction of sp³-hybridized carbons (Fsp3) is 0.737. The first-order valence-electron chi connectivity index (χ1n) is 45.5. The minimum absolute atomic E-state index is 0.0916. The molecule has 0 saturated heterocycles. The number of hydrogen-bond donors (Lipinski definition) is 4. The SMILES string of the molecule is CC/C=C\C/C=C\C/C=C\C/C=C\C/C=C\C/C=C\CCCCCCCCCCC(=O)OCC(COP(=O)(O)OCC(O)COP(=O)(O)OCC(O)COC(=O)CCCCCCCCCCCCCCCCCCCCC/C=C\C/C=C\C/C=C\C/C=C\CCCCC)OC(=O)CCCCCCC/C=C\CCCCCCCC. The predicted molar refractivity (Wildman–Crippen MR) is 473 cm³/mol. The number of phosphoric ester groups is 2. The molecule has 0 heterocycles. The molecule has 0 amide bonds. The third-order valence-corrected chi connectivity index (χ3v) is 21.2. The number of aliphatic hydroxyl groups is 2. The van der Waals surface area contributed by atoms with E-state index >= 15 is 0 Å². The van der Waals surface area contributed by atoms with Gasteiger partial charge < -0.3 is 34.2 Å². The number of allylic oxidation sites excluding steroid dienone is 22. The molecule has 0 radical (unpaired) electrons. The lowest BCUT2D eigenvalue weighted by atomic mass is 10.0. The van der Waals surface area contributed by atoms with E-state index in [2.05, 4.69) is 154 Å². The van der Waals surface area contributed by atoms with Gasteiger partial charge in [0.1, 0.15) is 25.4 Å². The predicted octanol–water partition coefficient (Wildman–Crippen LogP) is 27.8. The van der Waals surface area contributed by atoms with Crippen LogP contribution in [0.4, 0.5) is 0 Å². The Morgan fingerprint density at radius 2 is 0.469 bits per heavy atom. The Morgan fingerprint density at radius 1 is 0.257 bits per heavy atom. The Kier molecular flexibility index (Phi) is 83.7. The molecule has 0 aliphatic rings. The number of carbonyl (C=O) groups is 3. The van der Waals surface area contributed by atoms with E-state index in [1.165, 1.54) is 180 Å². The summed E-state index contributed by atoms with van der Waals surface area (Å²) in [7, 11) is -9.80. The molecule has 18 heteroatoms. The molecule has 5 unspecified atom stereocenters. The molecule has 0 fully saturated rings. The van der Waals surface area contributed by atoms with Crippen LogP contribution in [0.3, 0.4) is 0 Å². The number of rotatable bonds is 86. The summed E-state index contributed by atoms with van der Waals surface area (Å²) in [5, 5.41) is 20.7. The third kappa shape index (κ3) is 88.3. The number of hydrogen-bond acceptors (Lipinski definition) is 14. The first-order chi connectivity index (χ1) is 55.2. The van der Waals surface area contributed by atoms with Crippen molar-refractivity contribution in [2.45, 2.75) is 411 Å². The molecule has 113 heavy (non-hydrogen) atoms. The molecule has 0 aromatic rings. The van der Waals surface area contributed by atoms with Crippen LogP contribution in [0, 0.1) is 0 Å². The second-order valence-electron chi connectivity index (χ2n) is 30.4. The van der Waals surface area contributed by atoms with Crippen LogP contribution >= 0.6 is 15.6 Å². The van der Waals surface area contributed by atoms with Gasteiger partial charge in [0, 0.05) is 19.3 Å². The van der Waals surface area contributed by atoms with Gasteiger partial charge in [0.2, 0.25) is 0 Å². The van der Waals surface area contributed by atoms with Crippen molar-refractivity contribution in [3.8, 4) is 0 Å². The van der Waals surface area contributed by atoms with Crippen molar-refractivity contribution >= 4 is 33.6 Å². The van der Waals surface area contributed by atoms with Crippen LogP contribution in [0.15, 0.2) is 134 Å². The zero-order chi connectivity index (χ0) is 82.2. The van der Waals surface area contributed by atoms with Crippen molar-refractivity contribution in [2.75, 3.05) is 39.6 Å². The van der Waals surface area contributed by atoms with E-state index < -0.39 is 91.5 Å². The first-order valence-corrected chi connectivity index (χ1v) is 48.5. The summed E-state index contributed by atoms with van der Waals surface area (Å²) < 4.78 is 61.4. The zero-order valence-corrected chi connectivity index (χ0v) is 73.6. The summed E-state index contributed by atoms with van der Waals surface area (Å²) in [6.07, 6.45) is 108. The number of ether oxygens (including phenoxy) is 3. The molecular formula is C95H166O16P2. The van der Waals surface area contributed by atoms with E-state index in [0.29, 0.717) is 19.3 Å². The van der Waals surface area contributed by atoms with Crippen LogP contribution in [0.25, 0.3) is 0 Å². The second kappa shape index (κ2) is 87.0. The summed E-state index contributed by atoms with van der Waals surface area (Å²) in [6.45, 7) is 2.57. The van der Waals surface area contributed by atoms with E-state index in [-0.39, 0.29) is 19.3 Å². The Labute approximate surface area is 690 Å². The number of carbonyl (C=O) groups excluding carboxylic acids is 3. The molecule has 0 aromatic heterocycles. The fourth-order valence-electron chi connectivity index (χ4n) is 12.4. The maximum Gasteiger partial charge on any atom is 0.472 e. The molecule has 0 aliphatic carbocycles. The van der Waals surface area contributed by atoms with E-state index in [1.54, 1.807) is 0 Å². The maximum absolute atomic E-state index is 13.0. The molecule has 0 rings (SSSR count). The van der Waals surface area contributed by atoms with E-state index in [9.17, 15) is 43.5 Å². The largest absolute Gasteiger partial charge is 0.472 e. The summed E-state index contributed by atoms with van der Waals surface area (Å²) in [5.41, 5.74) is 0. The number of aliphatic hydroxyl groups excluding tert-OH is 2. The average molecular weight is 1630 g/mol. The quantitative estimate of drug-likeness (QED) is 0.0146. The van der Waals surface area contributed by atoms with Gasteiger partial charge in [0.15, 0.2) is 6.10 Å². The lowest BCUT2D eigenvalue weighted by Crippen LogP contribution is -2.30. The van der Waals surface area contributed by atoms with Crippen LogP contribution in [0.5, 0.6) is 0 Å². The van der Waals surface area contributed by atoms with E-state index in [4.69, 9.17) is 32.3 Å². The van der Waals surface area contributed by atoms with Gasteiger partial charge in [-0.05, 0) is 141 Å². The molecule has 652 valence electrons. The van der Waals surface area contributed by atoms with Crippen LogP contribution in [0.2, 0.25) is 0 Å². The highest BCUT2D eigenvalue weighted by Crippen LogP contribution is 2.45. The summed E-state index contributed by atoms with van der Waals surface area (Å²) in [5.74, 6) is -1.58. The third-order valence-electron chi connectivity index (χ3n) is 19.3. The Bertz CT molecular complexity index is 2580. The Balaban J connectivity index is 4.44. The average Bonchev–Trinajstić information content (AvgIpc) is 0.864. The molecule has 0 bridgehead atoms. The number of unbranched alkanes of at least 4 members (excludes halogenated alkanes) is 41. The highest BCUT2D eigenvalue weighted by molar-refractivity contribution is 7.47. The topological polar surface area (TPSA) is 231 Å². The van der Waals surface area contributed by atoms with Crippen molar-refractivity contribution in [1.29, 1.82) is 0 Å². The van der Waals surface area contributed by atoms with E-state index in [1.807, 2.05) is 0 Å². The van der Waals surface area contributed by atoms with Gasteiger partial charge in [0.05, 0.1) is 26.4 Å². The van der Waals surface area contributed by atoms with Crippen molar-refractivity contribution in [1.82, 2.24) is 0 Å². The smallest absolute Gasteiger partial charge is 0.463 e. The highest BCUT2D eigenvalue weighted by atomic mass is 31.2. The monoisotopic (exact) mass is 1630 g/mol. The van der Waals surface area contributed by atoms with Crippen molar-refractivity contribution in [2.24, 2.45) is 0 Å². The molecular weight excluding hydrogens is 1460 g/mol. The van der Waals surface area contributed by atoms with Crippen LogP contribution < -0.4 is 0 Å².